The quantitative estimate of drug-likeness (QED) is 0.680. The zero-order valence-electron chi connectivity index (χ0n) is 10.3. The fraction of sp³-hybridized carbons (Fsp3) is 0.846. The van der Waals surface area contributed by atoms with Gasteiger partial charge in [-0.25, -0.2) is 0 Å². The molecule has 2 saturated heterocycles. The van der Waals surface area contributed by atoms with Crippen LogP contribution < -0.4 is 5.32 Å². The molecule has 0 aromatic rings. The van der Waals surface area contributed by atoms with Crippen LogP contribution in [0.1, 0.15) is 19.3 Å². The summed E-state index contributed by atoms with van der Waals surface area (Å²) in [6, 6.07) is 0.718. The van der Waals surface area contributed by atoms with E-state index >= 15 is 0 Å². The van der Waals surface area contributed by atoms with Crippen LogP contribution in [0.2, 0.25) is 0 Å². The lowest BCUT2D eigenvalue weighted by molar-refractivity contribution is 0.268. The lowest BCUT2D eigenvalue weighted by atomic mass is 10.1. The van der Waals surface area contributed by atoms with Crippen molar-refractivity contribution in [2.75, 3.05) is 46.3 Å². The molecule has 0 bridgehead atoms. The van der Waals surface area contributed by atoms with Crippen LogP contribution in [0.15, 0.2) is 0 Å². The molecule has 2 aliphatic rings. The molecule has 1 N–H and O–H groups in total. The molecule has 3 nitrogen and oxygen atoms in total. The second-order valence-corrected chi connectivity index (χ2v) is 4.86. The summed E-state index contributed by atoms with van der Waals surface area (Å²) in [5.74, 6) is 6.68. The Bertz CT molecular complexity index is 260. The monoisotopic (exact) mass is 221 g/mol. The highest BCUT2D eigenvalue weighted by molar-refractivity contribution is 5.04. The van der Waals surface area contributed by atoms with Gasteiger partial charge in [-0.1, -0.05) is 5.92 Å². The highest BCUT2D eigenvalue weighted by Gasteiger charge is 2.19. The van der Waals surface area contributed by atoms with Gasteiger partial charge in [-0.2, -0.15) is 0 Å². The van der Waals surface area contributed by atoms with E-state index in [-0.39, 0.29) is 0 Å². The minimum Gasteiger partial charge on any atom is -0.314 e. The minimum absolute atomic E-state index is 0.718. The van der Waals surface area contributed by atoms with Crippen molar-refractivity contribution in [2.45, 2.75) is 25.3 Å². The van der Waals surface area contributed by atoms with Crippen LogP contribution in [-0.2, 0) is 0 Å². The molecule has 0 aliphatic carbocycles. The van der Waals surface area contributed by atoms with E-state index < -0.39 is 0 Å². The first-order valence-electron chi connectivity index (χ1n) is 6.45. The molecule has 0 spiro atoms. The van der Waals surface area contributed by atoms with Crippen molar-refractivity contribution in [3.63, 3.8) is 0 Å². The van der Waals surface area contributed by atoms with Gasteiger partial charge in [0.05, 0.1) is 6.54 Å². The second-order valence-electron chi connectivity index (χ2n) is 4.86. The molecule has 90 valence electrons. The Labute approximate surface area is 99.2 Å². The predicted octanol–water partition coefficient (Wildman–Crippen LogP) is 0.379. The minimum atomic E-state index is 0.718. The average Bonchev–Trinajstić information content (AvgIpc) is 2.72. The van der Waals surface area contributed by atoms with Gasteiger partial charge < -0.3 is 10.2 Å². The highest BCUT2D eigenvalue weighted by Crippen LogP contribution is 2.16. The SMILES string of the molecule is CN1CCCC1CC#CCN1CCNCC1. The van der Waals surface area contributed by atoms with E-state index in [1.54, 1.807) is 0 Å². The van der Waals surface area contributed by atoms with Crippen molar-refractivity contribution in [1.29, 1.82) is 0 Å². The van der Waals surface area contributed by atoms with E-state index in [0.717, 1.165) is 45.2 Å². The van der Waals surface area contributed by atoms with E-state index in [1.807, 2.05) is 0 Å². The second kappa shape index (κ2) is 6.24. The molecule has 1 atom stereocenters. The third-order valence-electron chi connectivity index (χ3n) is 3.65. The molecule has 2 heterocycles. The lowest BCUT2D eigenvalue weighted by Crippen LogP contribution is -2.43. The van der Waals surface area contributed by atoms with E-state index in [1.165, 1.54) is 19.4 Å². The lowest BCUT2D eigenvalue weighted by Gasteiger charge is -2.24. The Hall–Kier alpha value is -0.560. The summed E-state index contributed by atoms with van der Waals surface area (Å²) in [5.41, 5.74) is 0. The summed E-state index contributed by atoms with van der Waals surface area (Å²) in [6.45, 7) is 6.75. The Balaban J connectivity index is 1.65. The van der Waals surface area contributed by atoms with Gasteiger partial charge in [0.2, 0.25) is 0 Å². The zero-order chi connectivity index (χ0) is 11.2. The first-order chi connectivity index (χ1) is 7.86. The Kier molecular flexibility index (Phi) is 4.65. The number of piperazine rings is 1. The molecule has 2 aliphatic heterocycles. The molecular weight excluding hydrogens is 198 g/mol. The third-order valence-corrected chi connectivity index (χ3v) is 3.65. The first-order valence-corrected chi connectivity index (χ1v) is 6.45. The van der Waals surface area contributed by atoms with E-state index in [0.29, 0.717) is 0 Å². The summed E-state index contributed by atoms with van der Waals surface area (Å²) in [6.07, 6.45) is 3.74. The molecule has 0 aromatic heterocycles. The predicted molar refractivity (Wildman–Crippen MR) is 67.4 cm³/mol. The molecule has 2 rings (SSSR count). The molecule has 16 heavy (non-hydrogen) atoms. The molecule has 1 unspecified atom stereocenters. The molecule has 0 aromatic carbocycles. The first kappa shape index (κ1) is 11.9. The molecule has 2 fully saturated rings. The highest BCUT2D eigenvalue weighted by atomic mass is 15.2. The number of hydrogen-bond acceptors (Lipinski definition) is 3. The van der Waals surface area contributed by atoms with Gasteiger partial charge in [-0.3, -0.25) is 4.90 Å². The van der Waals surface area contributed by atoms with Crippen LogP contribution in [-0.4, -0.2) is 62.2 Å². The number of nitrogens with zero attached hydrogens (tertiary/aromatic N) is 2. The van der Waals surface area contributed by atoms with Gasteiger partial charge in [0.15, 0.2) is 0 Å². The molecule has 0 saturated carbocycles. The van der Waals surface area contributed by atoms with Crippen LogP contribution in [0.5, 0.6) is 0 Å². The van der Waals surface area contributed by atoms with Gasteiger partial charge in [0.25, 0.3) is 0 Å². The number of likely N-dealkylation sites (tertiary alicyclic amines) is 1. The van der Waals surface area contributed by atoms with E-state index in [4.69, 9.17) is 0 Å². The average molecular weight is 221 g/mol. The maximum atomic E-state index is 3.36. The zero-order valence-corrected chi connectivity index (χ0v) is 10.3. The van der Waals surface area contributed by atoms with Gasteiger partial charge >= 0.3 is 0 Å². The number of hydrogen-bond donors (Lipinski definition) is 1. The smallest absolute Gasteiger partial charge is 0.0602 e. The molecule has 3 heteroatoms. The van der Waals surface area contributed by atoms with E-state index in [9.17, 15) is 0 Å². The fourth-order valence-electron chi connectivity index (χ4n) is 2.46. The van der Waals surface area contributed by atoms with E-state index in [2.05, 4.69) is 34.0 Å². The summed E-state index contributed by atoms with van der Waals surface area (Å²) in [7, 11) is 2.22. The fourth-order valence-corrected chi connectivity index (χ4v) is 2.46. The summed E-state index contributed by atoms with van der Waals surface area (Å²) >= 11 is 0. The van der Waals surface area contributed by atoms with Crippen molar-refractivity contribution in [2.24, 2.45) is 0 Å². The van der Waals surface area contributed by atoms with Crippen molar-refractivity contribution in [1.82, 2.24) is 15.1 Å². The van der Waals surface area contributed by atoms with Crippen LogP contribution in [0, 0.1) is 11.8 Å². The molecule has 0 amide bonds. The van der Waals surface area contributed by atoms with Crippen molar-refractivity contribution in [3.8, 4) is 11.8 Å². The maximum absolute atomic E-state index is 3.36. The van der Waals surface area contributed by atoms with Crippen LogP contribution in [0.25, 0.3) is 0 Å². The summed E-state index contributed by atoms with van der Waals surface area (Å²) in [5, 5.41) is 3.36. The van der Waals surface area contributed by atoms with Crippen molar-refractivity contribution >= 4 is 0 Å². The van der Waals surface area contributed by atoms with Gasteiger partial charge in [0.1, 0.15) is 0 Å². The van der Waals surface area contributed by atoms with Crippen LogP contribution in [0.4, 0.5) is 0 Å². The van der Waals surface area contributed by atoms with Crippen molar-refractivity contribution < 1.29 is 0 Å². The number of rotatable bonds is 2. The Morgan fingerprint density at radius 1 is 1.19 bits per heavy atom. The Morgan fingerprint density at radius 3 is 2.69 bits per heavy atom. The summed E-state index contributed by atoms with van der Waals surface area (Å²) in [4.78, 5) is 4.88. The third kappa shape index (κ3) is 3.48. The van der Waals surface area contributed by atoms with Gasteiger partial charge in [0, 0.05) is 38.6 Å². The van der Waals surface area contributed by atoms with Gasteiger partial charge in [-0.05, 0) is 26.4 Å². The van der Waals surface area contributed by atoms with Crippen LogP contribution in [0.3, 0.4) is 0 Å². The maximum Gasteiger partial charge on any atom is 0.0602 e. The normalized spacial score (nSPS) is 27.7. The molecule has 0 radical (unpaired) electrons. The topological polar surface area (TPSA) is 18.5 Å². The van der Waals surface area contributed by atoms with Crippen molar-refractivity contribution in [3.05, 3.63) is 0 Å². The number of nitrogens with one attached hydrogen (secondary N) is 1. The molecular formula is C13H23N3. The summed E-state index contributed by atoms with van der Waals surface area (Å²) < 4.78 is 0. The van der Waals surface area contributed by atoms with Crippen LogP contribution >= 0.6 is 0 Å². The largest absolute Gasteiger partial charge is 0.314 e. The standard InChI is InChI=1S/C13H23N3/c1-15-9-4-6-13(15)5-2-3-10-16-11-7-14-8-12-16/h13-14H,4-12H2,1H3. The Morgan fingerprint density at radius 2 is 2.00 bits per heavy atom. The van der Waals surface area contributed by atoms with Gasteiger partial charge in [-0.15, -0.1) is 5.92 Å².